The molecule has 0 amide bonds. The molecule has 0 saturated heterocycles. The second kappa shape index (κ2) is 7.58. The average molecular weight is 365 g/mol. The number of nitrogens with one attached hydrogen (secondary N) is 1. The van der Waals surface area contributed by atoms with E-state index in [1.54, 1.807) is 19.1 Å². The fraction of sp³-hybridized carbons (Fsp3) is 0.227. The van der Waals surface area contributed by atoms with Gasteiger partial charge in [-0.15, -0.1) is 0 Å². The van der Waals surface area contributed by atoms with Crippen molar-refractivity contribution in [1.82, 2.24) is 4.98 Å². The number of ether oxygens (including phenoxy) is 3. The van der Waals surface area contributed by atoms with E-state index in [-0.39, 0.29) is 5.78 Å². The van der Waals surface area contributed by atoms with Crippen LogP contribution in [0.3, 0.4) is 0 Å². The van der Waals surface area contributed by atoms with E-state index in [2.05, 4.69) is 30.1 Å². The molecule has 2 aromatic carbocycles. The first-order valence-electron chi connectivity index (χ1n) is 8.59. The highest BCUT2D eigenvalue weighted by atomic mass is 16.5. The molecule has 0 radical (unpaired) electrons. The Morgan fingerprint density at radius 2 is 1.67 bits per heavy atom. The number of aromatic nitrogens is 1. The first-order chi connectivity index (χ1) is 13.0. The minimum atomic E-state index is -0.101. The van der Waals surface area contributed by atoms with Crippen molar-refractivity contribution in [3.05, 3.63) is 58.8 Å². The number of rotatable bonds is 6. The molecule has 5 heteroatoms. The van der Waals surface area contributed by atoms with Crippen LogP contribution in [0.2, 0.25) is 0 Å². The number of hydrogen-bond acceptors (Lipinski definition) is 4. The van der Waals surface area contributed by atoms with E-state index in [0.29, 0.717) is 28.4 Å². The van der Waals surface area contributed by atoms with Crippen molar-refractivity contribution in [3.8, 4) is 17.2 Å². The molecule has 0 atom stereocenters. The Bertz CT molecular complexity index is 1000. The second-order valence-electron chi connectivity index (χ2n) is 6.36. The molecule has 1 aromatic heterocycles. The third-order valence-corrected chi connectivity index (χ3v) is 4.53. The summed E-state index contributed by atoms with van der Waals surface area (Å²) in [4.78, 5) is 16.2. The van der Waals surface area contributed by atoms with Gasteiger partial charge in [-0.1, -0.05) is 12.1 Å². The summed E-state index contributed by atoms with van der Waals surface area (Å²) in [5, 5.41) is 1.08. The maximum Gasteiger partial charge on any atom is 0.203 e. The summed E-state index contributed by atoms with van der Waals surface area (Å²) >= 11 is 0. The Labute approximate surface area is 158 Å². The Kier molecular flexibility index (Phi) is 5.21. The number of aromatic amines is 1. The van der Waals surface area contributed by atoms with Gasteiger partial charge < -0.3 is 19.2 Å². The van der Waals surface area contributed by atoms with Crippen molar-refractivity contribution in [2.24, 2.45) is 0 Å². The number of H-pyrrole nitrogens is 1. The van der Waals surface area contributed by atoms with Gasteiger partial charge in [0.25, 0.3) is 0 Å². The molecule has 1 N–H and O–H groups in total. The van der Waals surface area contributed by atoms with E-state index >= 15 is 0 Å². The third-order valence-electron chi connectivity index (χ3n) is 4.53. The van der Waals surface area contributed by atoms with Gasteiger partial charge in [0.2, 0.25) is 5.75 Å². The minimum Gasteiger partial charge on any atom is -0.493 e. The number of ketones is 1. The van der Waals surface area contributed by atoms with Crippen molar-refractivity contribution in [3.63, 3.8) is 0 Å². The molecule has 27 heavy (non-hydrogen) atoms. The van der Waals surface area contributed by atoms with Gasteiger partial charge in [0.05, 0.1) is 21.3 Å². The number of fused-ring (bicyclic) bond motifs is 1. The van der Waals surface area contributed by atoms with E-state index in [4.69, 9.17) is 14.2 Å². The van der Waals surface area contributed by atoms with Crippen molar-refractivity contribution in [2.45, 2.75) is 13.8 Å². The standard InChI is InChI=1S/C22H23NO4/c1-13-6-7-17-16(12-23-18(17)8-13)9-14(2)21(24)15-10-19(25-3)22(27-5)20(11-15)26-4/h6-12,23H,1-5H3. The monoisotopic (exact) mass is 365 g/mol. The first-order valence-corrected chi connectivity index (χ1v) is 8.59. The summed E-state index contributed by atoms with van der Waals surface area (Å²) in [6.07, 6.45) is 3.80. The number of carbonyl (C=O) groups excluding carboxylic acids is 1. The molecule has 0 aliphatic carbocycles. The maximum absolute atomic E-state index is 13.0. The Morgan fingerprint density at radius 1 is 1.00 bits per heavy atom. The smallest absolute Gasteiger partial charge is 0.203 e. The summed E-state index contributed by atoms with van der Waals surface area (Å²) in [6, 6.07) is 9.54. The molecule has 140 valence electrons. The summed E-state index contributed by atoms with van der Waals surface area (Å²) in [5.74, 6) is 1.27. The highest BCUT2D eigenvalue weighted by molar-refractivity contribution is 6.12. The van der Waals surface area contributed by atoms with Crippen LogP contribution < -0.4 is 14.2 Å². The molecule has 3 aromatic rings. The first kappa shape index (κ1) is 18.6. The molecule has 0 bridgehead atoms. The molecule has 0 aliphatic heterocycles. The van der Waals surface area contributed by atoms with E-state index in [1.165, 1.54) is 26.9 Å². The SMILES string of the molecule is COc1cc(C(=O)C(C)=Cc2c[nH]c3cc(C)ccc23)cc(OC)c1OC. The zero-order chi connectivity index (χ0) is 19.6. The zero-order valence-electron chi connectivity index (χ0n) is 16.2. The number of allylic oxidation sites excluding steroid dienone is 1. The van der Waals surface area contributed by atoms with Gasteiger partial charge in [-0.3, -0.25) is 4.79 Å². The fourth-order valence-corrected chi connectivity index (χ4v) is 3.12. The quantitative estimate of drug-likeness (QED) is 0.504. The van der Waals surface area contributed by atoms with Crippen LogP contribution in [-0.2, 0) is 0 Å². The lowest BCUT2D eigenvalue weighted by Crippen LogP contribution is -2.03. The van der Waals surface area contributed by atoms with E-state index in [1.807, 2.05) is 12.3 Å². The number of Topliss-reactive ketones (excluding diaryl/α,β-unsaturated/α-hetero) is 1. The van der Waals surface area contributed by atoms with Crippen LogP contribution in [0.5, 0.6) is 17.2 Å². The van der Waals surface area contributed by atoms with Gasteiger partial charge in [0, 0.05) is 28.2 Å². The van der Waals surface area contributed by atoms with Crippen molar-refractivity contribution >= 4 is 22.8 Å². The molecular weight excluding hydrogens is 342 g/mol. The molecule has 0 saturated carbocycles. The predicted molar refractivity (Wildman–Crippen MR) is 107 cm³/mol. The highest BCUT2D eigenvalue weighted by Crippen LogP contribution is 2.38. The zero-order valence-corrected chi connectivity index (χ0v) is 16.2. The number of hydrogen-bond donors (Lipinski definition) is 1. The van der Waals surface area contributed by atoms with E-state index < -0.39 is 0 Å². The van der Waals surface area contributed by atoms with Crippen LogP contribution in [-0.4, -0.2) is 32.1 Å². The summed E-state index contributed by atoms with van der Waals surface area (Å²) in [5.41, 5.74) is 4.31. The Hall–Kier alpha value is -3.21. The second-order valence-corrected chi connectivity index (χ2v) is 6.36. The third kappa shape index (κ3) is 3.53. The molecule has 0 unspecified atom stereocenters. The summed E-state index contributed by atoms with van der Waals surface area (Å²) in [6.45, 7) is 3.85. The number of benzene rings is 2. The molecule has 3 rings (SSSR count). The van der Waals surface area contributed by atoms with Crippen LogP contribution >= 0.6 is 0 Å². The van der Waals surface area contributed by atoms with Gasteiger partial charge in [-0.2, -0.15) is 0 Å². The lowest BCUT2D eigenvalue weighted by Gasteiger charge is -2.13. The van der Waals surface area contributed by atoms with Crippen LogP contribution in [0.15, 0.2) is 42.1 Å². The van der Waals surface area contributed by atoms with Crippen molar-refractivity contribution in [2.75, 3.05) is 21.3 Å². The number of carbonyl (C=O) groups is 1. The van der Waals surface area contributed by atoms with Gasteiger partial charge in [-0.05, 0) is 49.3 Å². The predicted octanol–water partition coefficient (Wildman–Crippen LogP) is 4.79. The van der Waals surface area contributed by atoms with Crippen LogP contribution in [0.25, 0.3) is 17.0 Å². The minimum absolute atomic E-state index is 0.101. The van der Waals surface area contributed by atoms with Crippen LogP contribution in [0.4, 0.5) is 0 Å². The fourth-order valence-electron chi connectivity index (χ4n) is 3.12. The molecule has 5 nitrogen and oxygen atoms in total. The molecule has 1 heterocycles. The van der Waals surface area contributed by atoms with Crippen LogP contribution in [0, 0.1) is 6.92 Å². The number of methoxy groups -OCH3 is 3. The van der Waals surface area contributed by atoms with Gasteiger partial charge in [0.15, 0.2) is 17.3 Å². The van der Waals surface area contributed by atoms with E-state index in [9.17, 15) is 4.79 Å². The normalized spacial score (nSPS) is 11.5. The van der Waals surface area contributed by atoms with E-state index in [0.717, 1.165) is 16.5 Å². The maximum atomic E-state index is 13.0. The van der Waals surface area contributed by atoms with Crippen molar-refractivity contribution < 1.29 is 19.0 Å². The lowest BCUT2D eigenvalue weighted by atomic mass is 10.0. The number of aryl methyl sites for hydroxylation is 1. The highest BCUT2D eigenvalue weighted by Gasteiger charge is 2.18. The lowest BCUT2D eigenvalue weighted by molar-refractivity contribution is 0.103. The summed E-state index contributed by atoms with van der Waals surface area (Å²) < 4.78 is 16.0. The largest absolute Gasteiger partial charge is 0.493 e. The Balaban J connectivity index is 2.00. The van der Waals surface area contributed by atoms with Gasteiger partial charge in [-0.25, -0.2) is 0 Å². The van der Waals surface area contributed by atoms with Crippen LogP contribution in [0.1, 0.15) is 28.4 Å². The summed E-state index contributed by atoms with van der Waals surface area (Å²) in [7, 11) is 4.59. The average Bonchev–Trinajstić information content (AvgIpc) is 3.07. The molecule has 0 spiro atoms. The van der Waals surface area contributed by atoms with Crippen molar-refractivity contribution in [1.29, 1.82) is 0 Å². The Morgan fingerprint density at radius 3 is 2.26 bits per heavy atom. The molecular formula is C22H23NO4. The van der Waals surface area contributed by atoms with Gasteiger partial charge >= 0.3 is 0 Å². The van der Waals surface area contributed by atoms with Gasteiger partial charge in [0.1, 0.15) is 0 Å². The topological polar surface area (TPSA) is 60.6 Å². The molecule has 0 fully saturated rings. The molecule has 0 aliphatic rings.